The molecule has 0 amide bonds. The lowest BCUT2D eigenvalue weighted by atomic mass is 10.3. The SMILES string of the molecule is COc1cccc(OCC(O)Cn2c(C(F)(F)F)nc3ccccc32)c1. The number of aliphatic hydroxyl groups excluding tert-OH is 1. The van der Waals surface area contributed by atoms with Crippen molar-refractivity contribution in [2.45, 2.75) is 18.8 Å². The molecule has 3 rings (SSSR count). The number of para-hydroxylation sites is 2. The average molecular weight is 366 g/mol. The van der Waals surface area contributed by atoms with Gasteiger partial charge in [-0.15, -0.1) is 0 Å². The molecule has 5 nitrogen and oxygen atoms in total. The Hall–Kier alpha value is -2.74. The van der Waals surface area contributed by atoms with Crippen molar-refractivity contribution in [2.24, 2.45) is 0 Å². The third-order valence-electron chi connectivity index (χ3n) is 3.79. The first-order chi connectivity index (χ1) is 12.4. The summed E-state index contributed by atoms with van der Waals surface area (Å²) in [7, 11) is 1.51. The number of aliphatic hydroxyl groups is 1. The number of alkyl halides is 3. The molecule has 0 saturated carbocycles. The second-order valence-electron chi connectivity index (χ2n) is 5.68. The lowest BCUT2D eigenvalue weighted by molar-refractivity contribution is -0.147. The van der Waals surface area contributed by atoms with Gasteiger partial charge >= 0.3 is 6.18 Å². The maximum atomic E-state index is 13.3. The van der Waals surface area contributed by atoms with Crippen molar-refractivity contribution in [1.29, 1.82) is 0 Å². The average Bonchev–Trinajstić information content (AvgIpc) is 2.99. The van der Waals surface area contributed by atoms with E-state index < -0.39 is 18.1 Å². The maximum Gasteiger partial charge on any atom is 0.449 e. The largest absolute Gasteiger partial charge is 0.497 e. The molecule has 0 aliphatic heterocycles. The van der Waals surface area contributed by atoms with Crippen LogP contribution in [0.1, 0.15) is 5.82 Å². The zero-order valence-electron chi connectivity index (χ0n) is 13.9. The predicted octanol–water partition coefficient (Wildman–Crippen LogP) is 3.50. The number of aromatic nitrogens is 2. The van der Waals surface area contributed by atoms with E-state index in [-0.39, 0.29) is 18.7 Å². The minimum Gasteiger partial charge on any atom is -0.497 e. The van der Waals surface area contributed by atoms with Crippen LogP contribution in [-0.4, -0.2) is 34.5 Å². The Bertz CT molecular complexity index is 893. The molecule has 1 N–H and O–H groups in total. The van der Waals surface area contributed by atoms with Gasteiger partial charge in [0.25, 0.3) is 0 Å². The first-order valence-corrected chi connectivity index (χ1v) is 7.86. The Kier molecular flexibility index (Phi) is 5.03. The Morgan fingerprint density at radius 1 is 1.12 bits per heavy atom. The molecule has 0 fully saturated rings. The van der Waals surface area contributed by atoms with Gasteiger partial charge in [-0.2, -0.15) is 13.2 Å². The highest BCUT2D eigenvalue weighted by molar-refractivity contribution is 5.76. The van der Waals surface area contributed by atoms with Crippen LogP contribution in [-0.2, 0) is 12.7 Å². The van der Waals surface area contributed by atoms with E-state index in [1.54, 1.807) is 36.4 Å². The fourth-order valence-electron chi connectivity index (χ4n) is 2.62. The van der Waals surface area contributed by atoms with Gasteiger partial charge in [0, 0.05) is 6.07 Å². The predicted molar refractivity (Wildman–Crippen MR) is 89.2 cm³/mol. The summed E-state index contributed by atoms with van der Waals surface area (Å²) in [6, 6.07) is 13.0. The first-order valence-electron chi connectivity index (χ1n) is 7.86. The molecule has 2 aromatic carbocycles. The monoisotopic (exact) mass is 366 g/mol. The quantitative estimate of drug-likeness (QED) is 0.725. The van der Waals surface area contributed by atoms with Gasteiger partial charge in [-0.05, 0) is 24.3 Å². The number of methoxy groups -OCH3 is 1. The molecule has 3 aromatic rings. The molecule has 26 heavy (non-hydrogen) atoms. The molecule has 1 unspecified atom stereocenters. The molecule has 0 radical (unpaired) electrons. The molecule has 0 bridgehead atoms. The van der Waals surface area contributed by atoms with Crippen molar-refractivity contribution in [2.75, 3.05) is 13.7 Å². The number of fused-ring (bicyclic) bond motifs is 1. The summed E-state index contributed by atoms with van der Waals surface area (Å²) in [4.78, 5) is 3.65. The Morgan fingerprint density at radius 3 is 2.58 bits per heavy atom. The zero-order valence-corrected chi connectivity index (χ0v) is 13.9. The van der Waals surface area contributed by atoms with E-state index in [9.17, 15) is 18.3 Å². The number of benzene rings is 2. The number of rotatable bonds is 6. The van der Waals surface area contributed by atoms with Crippen LogP contribution in [0.25, 0.3) is 11.0 Å². The summed E-state index contributed by atoms with van der Waals surface area (Å²) in [6.07, 6.45) is -5.77. The molecule has 138 valence electrons. The summed E-state index contributed by atoms with van der Waals surface area (Å²) in [5.41, 5.74) is 0.529. The van der Waals surface area contributed by atoms with Crippen molar-refractivity contribution in [1.82, 2.24) is 9.55 Å². The smallest absolute Gasteiger partial charge is 0.449 e. The molecular weight excluding hydrogens is 349 g/mol. The van der Waals surface area contributed by atoms with Crippen molar-refractivity contribution in [3.05, 3.63) is 54.4 Å². The van der Waals surface area contributed by atoms with E-state index in [1.807, 2.05) is 0 Å². The second-order valence-corrected chi connectivity index (χ2v) is 5.68. The fraction of sp³-hybridized carbons (Fsp3) is 0.278. The van der Waals surface area contributed by atoms with Gasteiger partial charge in [0.15, 0.2) is 0 Å². The minimum atomic E-state index is -4.62. The molecule has 1 heterocycles. The highest BCUT2D eigenvalue weighted by Crippen LogP contribution is 2.31. The van der Waals surface area contributed by atoms with Crippen LogP contribution in [0.15, 0.2) is 48.5 Å². The van der Waals surface area contributed by atoms with Crippen LogP contribution >= 0.6 is 0 Å². The normalized spacial score (nSPS) is 13.0. The molecule has 0 aliphatic rings. The molecular formula is C18H17F3N2O3. The molecule has 0 saturated heterocycles. The van der Waals surface area contributed by atoms with Crippen LogP contribution in [0.5, 0.6) is 11.5 Å². The number of ether oxygens (including phenoxy) is 2. The van der Waals surface area contributed by atoms with E-state index >= 15 is 0 Å². The van der Waals surface area contributed by atoms with E-state index in [0.29, 0.717) is 17.0 Å². The number of hydrogen-bond donors (Lipinski definition) is 1. The van der Waals surface area contributed by atoms with E-state index in [0.717, 1.165) is 4.57 Å². The number of nitrogens with zero attached hydrogens (tertiary/aromatic N) is 2. The molecule has 0 aliphatic carbocycles. The van der Waals surface area contributed by atoms with Crippen molar-refractivity contribution >= 4 is 11.0 Å². The topological polar surface area (TPSA) is 56.5 Å². The Morgan fingerprint density at radius 2 is 1.85 bits per heavy atom. The van der Waals surface area contributed by atoms with E-state index in [4.69, 9.17) is 9.47 Å². The third kappa shape index (κ3) is 3.91. The summed E-state index contributed by atoms with van der Waals surface area (Å²) in [6.45, 7) is -0.462. The van der Waals surface area contributed by atoms with Crippen LogP contribution in [0.2, 0.25) is 0 Å². The van der Waals surface area contributed by atoms with Gasteiger partial charge in [-0.1, -0.05) is 18.2 Å². The summed E-state index contributed by atoms with van der Waals surface area (Å²) >= 11 is 0. The van der Waals surface area contributed by atoms with Gasteiger partial charge in [0.1, 0.15) is 24.2 Å². The van der Waals surface area contributed by atoms with Crippen LogP contribution in [0, 0.1) is 0 Å². The molecule has 1 aromatic heterocycles. The summed E-state index contributed by atoms with van der Waals surface area (Å²) in [5, 5.41) is 10.2. The minimum absolute atomic E-state index is 0.170. The van der Waals surface area contributed by atoms with Crippen molar-refractivity contribution < 1.29 is 27.8 Å². The Labute approximate surface area is 147 Å². The number of hydrogen-bond acceptors (Lipinski definition) is 4. The van der Waals surface area contributed by atoms with Crippen molar-refractivity contribution in [3.63, 3.8) is 0 Å². The van der Waals surface area contributed by atoms with Crippen LogP contribution in [0.4, 0.5) is 13.2 Å². The van der Waals surface area contributed by atoms with Crippen LogP contribution < -0.4 is 9.47 Å². The highest BCUT2D eigenvalue weighted by atomic mass is 19.4. The van der Waals surface area contributed by atoms with Gasteiger partial charge in [0.2, 0.25) is 5.82 Å². The third-order valence-corrected chi connectivity index (χ3v) is 3.79. The van der Waals surface area contributed by atoms with Crippen LogP contribution in [0.3, 0.4) is 0 Å². The lowest BCUT2D eigenvalue weighted by Crippen LogP contribution is -2.26. The van der Waals surface area contributed by atoms with E-state index in [1.165, 1.54) is 19.2 Å². The lowest BCUT2D eigenvalue weighted by Gasteiger charge is -2.16. The van der Waals surface area contributed by atoms with Gasteiger partial charge in [-0.25, -0.2) is 4.98 Å². The van der Waals surface area contributed by atoms with Gasteiger partial charge in [-0.3, -0.25) is 0 Å². The molecule has 0 spiro atoms. The first kappa shape index (κ1) is 18.1. The van der Waals surface area contributed by atoms with E-state index in [2.05, 4.69) is 4.98 Å². The van der Waals surface area contributed by atoms with Crippen molar-refractivity contribution in [3.8, 4) is 11.5 Å². The zero-order chi connectivity index (χ0) is 18.7. The maximum absolute atomic E-state index is 13.3. The van der Waals surface area contributed by atoms with Gasteiger partial charge in [0.05, 0.1) is 24.7 Å². The molecule has 8 heteroatoms. The number of halogens is 3. The fourth-order valence-corrected chi connectivity index (χ4v) is 2.62. The highest BCUT2D eigenvalue weighted by Gasteiger charge is 2.37. The Balaban J connectivity index is 1.77. The standard InChI is InChI=1S/C18H17F3N2O3/c1-25-13-5-4-6-14(9-13)26-11-12(24)10-23-16-8-3-2-7-15(16)22-17(23)18(19,20)21/h2-9,12,24H,10-11H2,1H3. The molecule has 1 atom stereocenters. The summed E-state index contributed by atoms with van der Waals surface area (Å²) in [5.74, 6) is -0.00832. The van der Waals surface area contributed by atoms with Gasteiger partial charge < -0.3 is 19.1 Å². The number of imidazole rings is 1. The second kappa shape index (κ2) is 7.25. The summed E-state index contributed by atoms with van der Waals surface area (Å²) < 4.78 is 51.3.